The molecule has 1 atom stereocenters. The van der Waals surface area contributed by atoms with Gasteiger partial charge in [-0.15, -0.1) is 0 Å². The molecule has 124 valence electrons. The van der Waals surface area contributed by atoms with Crippen molar-refractivity contribution in [2.75, 3.05) is 6.61 Å². The number of aliphatic hydroxyl groups is 1. The summed E-state index contributed by atoms with van der Waals surface area (Å²) in [5, 5.41) is 18.3. The van der Waals surface area contributed by atoms with E-state index >= 15 is 0 Å². The van der Waals surface area contributed by atoms with Gasteiger partial charge in [-0.05, 0) is 30.2 Å². The molecular formula is C15H16F3N3O2. The van der Waals surface area contributed by atoms with E-state index in [4.69, 9.17) is 0 Å². The van der Waals surface area contributed by atoms with Gasteiger partial charge >= 0.3 is 0 Å². The van der Waals surface area contributed by atoms with Gasteiger partial charge in [-0.25, -0.2) is 13.2 Å². The van der Waals surface area contributed by atoms with Crippen LogP contribution in [-0.4, -0.2) is 27.8 Å². The lowest BCUT2D eigenvalue weighted by atomic mass is 10.1. The number of amides is 1. The molecule has 2 rings (SSSR count). The fraction of sp³-hybridized carbons (Fsp3) is 0.333. The van der Waals surface area contributed by atoms with Gasteiger partial charge in [0.1, 0.15) is 5.69 Å². The molecule has 0 fully saturated rings. The molecule has 1 amide bonds. The molecule has 1 aromatic carbocycles. The van der Waals surface area contributed by atoms with Gasteiger partial charge in [0, 0.05) is 5.69 Å². The number of carbonyl (C=O) groups is 1. The molecule has 2 aromatic rings. The molecular weight excluding hydrogens is 311 g/mol. The largest absolute Gasteiger partial charge is 0.394 e. The highest BCUT2D eigenvalue weighted by Gasteiger charge is 2.20. The molecule has 1 aromatic heterocycles. The number of halogens is 3. The number of benzene rings is 1. The molecule has 0 saturated carbocycles. The quantitative estimate of drug-likeness (QED) is 0.712. The lowest BCUT2D eigenvalue weighted by molar-refractivity contribution is 0.0910. The molecule has 0 aliphatic carbocycles. The van der Waals surface area contributed by atoms with Crippen LogP contribution in [0, 0.1) is 17.5 Å². The zero-order valence-corrected chi connectivity index (χ0v) is 12.4. The molecule has 3 N–H and O–H groups in total. The Bertz CT molecular complexity index is 680. The highest BCUT2D eigenvalue weighted by atomic mass is 19.2. The van der Waals surface area contributed by atoms with Crippen LogP contribution in [0.1, 0.15) is 41.1 Å². The first-order chi connectivity index (χ1) is 11.0. The summed E-state index contributed by atoms with van der Waals surface area (Å²) in [6, 6.07) is 1.93. The number of hydrogen-bond acceptors (Lipinski definition) is 3. The fourth-order valence-corrected chi connectivity index (χ4v) is 2.12. The van der Waals surface area contributed by atoms with E-state index in [-0.39, 0.29) is 11.3 Å². The van der Waals surface area contributed by atoms with Crippen molar-refractivity contribution in [3.8, 4) is 0 Å². The molecule has 0 aliphatic heterocycles. The van der Waals surface area contributed by atoms with Crippen LogP contribution in [0.5, 0.6) is 0 Å². The SMILES string of the molecule is CCCc1cc(C(=O)NC(CO)c2cc(F)c(F)c(F)c2)n[nH]1. The van der Waals surface area contributed by atoms with Crippen LogP contribution >= 0.6 is 0 Å². The second kappa shape index (κ2) is 7.28. The Hall–Kier alpha value is -2.35. The summed E-state index contributed by atoms with van der Waals surface area (Å²) in [5.74, 6) is -5.00. The fourth-order valence-electron chi connectivity index (χ4n) is 2.12. The van der Waals surface area contributed by atoms with E-state index in [0.717, 1.165) is 30.7 Å². The van der Waals surface area contributed by atoms with Crippen LogP contribution in [0.25, 0.3) is 0 Å². The van der Waals surface area contributed by atoms with Gasteiger partial charge < -0.3 is 10.4 Å². The summed E-state index contributed by atoms with van der Waals surface area (Å²) >= 11 is 0. The summed E-state index contributed by atoms with van der Waals surface area (Å²) in [5.41, 5.74) is 0.786. The summed E-state index contributed by atoms with van der Waals surface area (Å²) < 4.78 is 39.5. The molecule has 23 heavy (non-hydrogen) atoms. The van der Waals surface area contributed by atoms with Crippen molar-refractivity contribution < 1.29 is 23.1 Å². The van der Waals surface area contributed by atoms with Crippen LogP contribution in [0.3, 0.4) is 0 Å². The number of aryl methyl sites for hydroxylation is 1. The number of H-pyrrole nitrogens is 1. The third-order valence-electron chi connectivity index (χ3n) is 3.28. The van der Waals surface area contributed by atoms with Crippen molar-refractivity contribution in [1.29, 1.82) is 0 Å². The summed E-state index contributed by atoms with van der Waals surface area (Å²) in [4.78, 5) is 12.1. The van der Waals surface area contributed by atoms with E-state index in [2.05, 4.69) is 15.5 Å². The third kappa shape index (κ3) is 3.89. The maximum atomic E-state index is 13.3. The molecule has 0 spiro atoms. The van der Waals surface area contributed by atoms with E-state index in [1.165, 1.54) is 0 Å². The average molecular weight is 327 g/mol. The highest BCUT2D eigenvalue weighted by molar-refractivity contribution is 5.92. The number of aromatic nitrogens is 2. The number of aliphatic hydroxyl groups excluding tert-OH is 1. The summed E-state index contributed by atoms with van der Waals surface area (Å²) in [7, 11) is 0. The average Bonchev–Trinajstić information content (AvgIpc) is 2.98. The Morgan fingerprint density at radius 2 is 1.96 bits per heavy atom. The number of rotatable bonds is 6. The van der Waals surface area contributed by atoms with Crippen molar-refractivity contribution in [2.24, 2.45) is 0 Å². The van der Waals surface area contributed by atoms with Gasteiger partial charge in [-0.2, -0.15) is 5.10 Å². The Morgan fingerprint density at radius 1 is 1.30 bits per heavy atom. The van der Waals surface area contributed by atoms with E-state index in [1.54, 1.807) is 6.07 Å². The standard InChI is InChI=1S/C15H16F3N3O2/c1-2-3-9-6-12(21-20-9)15(23)19-13(7-22)8-4-10(16)14(18)11(17)5-8/h4-6,13,22H,2-3,7H2,1H3,(H,19,23)(H,20,21). The minimum atomic E-state index is -1.60. The van der Waals surface area contributed by atoms with Crippen LogP contribution in [0.2, 0.25) is 0 Å². The first-order valence-corrected chi connectivity index (χ1v) is 7.06. The van der Waals surface area contributed by atoms with Gasteiger partial charge in [0.15, 0.2) is 17.5 Å². The van der Waals surface area contributed by atoms with Crippen molar-refractivity contribution in [3.05, 3.63) is 52.6 Å². The first kappa shape index (κ1) is 17.0. The van der Waals surface area contributed by atoms with Gasteiger partial charge in [-0.1, -0.05) is 13.3 Å². The monoisotopic (exact) mass is 327 g/mol. The van der Waals surface area contributed by atoms with Crippen molar-refractivity contribution in [1.82, 2.24) is 15.5 Å². The molecule has 0 saturated heterocycles. The maximum absolute atomic E-state index is 13.3. The van der Waals surface area contributed by atoms with E-state index in [9.17, 15) is 23.1 Å². The summed E-state index contributed by atoms with van der Waals surface area (Å²) in [6.07, 6.45) is 1.59. The highest BCUT2D eigenvalue weighted by Crippen LogP contribution is 2.19. The second-order valence-corrected chi connectivity index (χ2v) is 5.04. The Labute approximate surface area is 130 Å². The van der Waals surface area contributed by atoms with Gasteiger partial charge in [0.25, 0.3) is 5.91 Å². The topological polar surface area (TPSA) is 78.0 Å². The smallest absolute Gasteiger partial charge is 0.272 e. The normalized spacial score (nSPS) is 12.2. The minimum Gasteiger partial charge on any atom is -0.394 e. The van der Waals surface area contributed by atoms with Crippen LogP contribution in [0.4, 0.5) is 13.2 Å². The molecule has 0 aliphatic rings. The predicted octanol–water partition coefficient (Wildman–Crippen LogP) is 2.24. The lowest BCUT2D eigenvalue weighted by Crippen LogP contribution is -2.31. The summed E-state index contributed by atoms with van der Waals surface area (Å²) in [6.45, 7) is 1.36. The molecule has 8 heteroatoms. The molecule has 1 unspecified atom stereocenters. The second-order valence-electron chi connectivity index (χ2n) is 5.04. The van der Waals surface area contributed by atoms with Crippen LogP contribution in [0.15, 0.2) is 18.2 Å². The number of nitrogens with one attached hydrogen (secondary N) is 2. The molecule has 0 bridgehead atoms. The van der Waals surface area contributed by atoms with Gasteiger partial charge in [0.2, 0.25) is 0 Å². The third-order valence-corrected chi connectivity index (χ3v) is 3.28. The van der Waals surface area contributed by atoms with E-state index in [1.807, 2.05) is 6.92 Å². The lowest BCUT2D eigenvalue weighted by Gasteiger charge is -2.16. The first-order valence-electron chi connectivity index (χ1n) is 7.06. The van der Waals surface area contributed by atoms with Crippen molar-refractivity contribution in [2.45, 2.75) is 25.8 Å². The van der Waals surface area contributed by atoms with E-state index < -0.39 is 36.0 Å². The van der Waals surface area contributed by atoms with Gasteiger partial charge in [0.05, 0.1) is 12.6 Å². The minimum absolute atomic E-state index is 0.0819. The number of nitrogens with zero attached hydrogens (tertiary/aromatic N) is 1. The van der Waals surface area contributed by atoms with Crippen molar-refractivity contribution >= 4 is 5.91 Å². The molecule has 1 heterocycles. The Kier molecular flexibility index (Phi) is 5.38. The number of aromatic amines is 1. The van der Waals surface area contributed by atoms with Crippen LogP contribution < -0.4 is 5.32 Å². The Balaban J connectivity index is 2.16. The van der Waals surface area contributed by atoms with Gasteiger partial charge in [-0.3, -0.25) is 9.89 Å². The maximum Gasteiger partial charge on any atom is 0.272 e. The number of carbonyl (C=O) groups excluding carboxylic acids is 1. The van der Waals surface area contributed by atoms with E-state index in [0.29, 0.717) is 0 Å². The Morgan fingerprint density at radius 3 is 2.52 bits per heavy atom. The van der Waals surface area contributed by atoms with Crippen LogP contribution in [-0.2, 0) is 6.42 Å². The van der Waals surface area contributed by atoms with Crippen molar-refractivity contribution in [3.63, 3.8) is 0 Å². The predicted molar refractivity (Wildman–Crippen MR) is 76.2 cm³/mol. The zero-order chi connectivity index (χ0) is 17.0. The zero-order valence-electron chi connectivity index (χ0n) is 12.4. The molecule has 0 radical (unpaired) electrons. The molecule has 5 nitrogen and oxygen atoms in total. The number of hydrogen-bond donors (Lipinski definition) is 3.